The average Bonchev–Trinajstić information content (AvgIpc) is 3.65. The van der Waals surface area contributed by atoms with Crippen LogP contribution in [0, 0.1) is 0 Å². The van der Waals surface area contributed by atoms with Gasteiger partial charge in [0.1, 0.15) is 28.8 Å². The number of likely N-dealkylation sites (N-methyl/N-ethyl adjacent to an activating group) is 1. The zero-order chi connectivity index (χ0) is 42.3. The van der Waals surface area contributed by atoms with Gasteiger partial charge in [-0.2, -0.15) is 13.2 Å². The number of alkyl halides is 3. The lowest BCUT2D eigenvalue weighted by molar-refractivity contribution is -0.141. The first kappa shape index (κ1) is 41.2. The average molecular weight is 834 g/mol. The van der Waals surface area contributed by atoms with E-state index in [9.17, 15) is 37.1 Å². The summed E-state index contributed by atoms with van der Waals surface area (Å²) in [5.74, 6) is -2.23. The summed E-state index contributed by atoms with van der Waals surface area (Å²) in [5.41, 5.74) is 0.944. The van der Waals surface area contributed by atoms with Crippen LogP contribution in [0.25, 0.3) is 0 Å². The molecule has 2 atom stereocenters. The minimum atomic E-state index is -4.68. The first-order valence-corrected chi connectivity index (χ1v) is 20.1. The van der Waals surface area contributed by atoms with Gasteiger partial charge in [-0.25, -0.2) is 4.98 Å². The standard InChI is InChI=1S/C42H46F3N7O8/c1-41(22-24-18-30(32(21-33(24)60-41)51-13-16-58-17-14-51)48-37(54)29-8-4-9-34(47-29)42(43,44)45)23-50(2)12-5-15-59-26-19-25(20-26)46-28-7-3-6-27-36(28)40(57)52(39(27)56)31-10-11-35(53)49-38(31)55/h3-4,6-9,18,21,25-26,31,46H,5,10-17,19-20,22-23H2,1-2H3,(H,48,54)(H,49,53,55)/t25?,26?,31-,41-/m1/s1. The van der Waals surface area contributed by atoms with E-state index in [0.29, 0.717) is 81.5 Å². The summed E-state index contributed by atoms with van der Waals surface area (Å²) in [4.78, 5) is 72.7. The number of halogens is 3. The molecule has 2 aromatic carbocycles. The number of rotatable bonds is 13. The number of carbonyl (C=O) groups excluding carboxylic acids is 5. The minimum Gasteiger partial charge on any atom is -0.486 e. The Morgan fingerprint density at radius 1 is 1.05 bits per heavy atom. The van der Waals surface area contributed by atoms with E-state index in [-0.39, 0.29) is 41.8 Å². The Kier molecular flexibility index (Phi) is 11.3. The number of morpholine rings is 1. The molecule has 8 rings (SSSR count). The fourth-order valence-electron chi connectivity index (χ4n) is 8.62. The van der Waals surface area contributed by atoms with E-state index in [2.05, 4.69) is 30.7 Å². The largest absolute Gasteiger partial charge is 0.486 e. The quantitative estimate of drug-likeness (QED) is 0.165. The monoisotopic (exact) mass is 833 g/mol. The molecule has 5 amide bonds. The van der Waals surface area contributed by atoms with Crippen LogP contribution in [0.3, 0.4) is 0 Å². The number of imide groups is 2. The van der Waals surface area contributed by atoms with Crippen molar-refractivity contribution in [3.05, 3.63) is 76.6 Å². The third-order valence-corrected chi connectivity index (χ3v) is 11.5. The van der Waals surface area contributed by atoms with Crippen molar-refractivity contribution >= 4 is 46.6 Å². The maximum atomic E-state index is 13.4. The number of hydrogen-bond donors (Lipinski definition) is 3. The lowest BCUT2D eigenvalue weighted by atomic mass is 9.88. The molecule has 60 heavy (non-hydrogen) atoms. The first-order chi connectivity index (χ1) is 28.7. The second-order valence-corrected chi connectivity index (χ2v) is 16.2. The number of nitrogens with zero attached hydrogens (tertiary/aromatic N) is 4. The molecule has 15 nitrogen and oxygen atoms in total. The predicted molar refractivity (Wildman–Crippen MR) is 211 cm³/mol. The molecule has 0 bridgehead atoms. The molecule has 3 fully saturated rings. The molecule has 0 radical (unpaired) electrons. The van der Waals surface area contributed by atoms with Crippen molar-refractivity contribution in [2.75, 3.05) is 68.6 Å². The fourth-order valence-corrected chi connectivity index (χ4v) is 8.62. The Hall–Kier alpha value is -5.59. The number of nitrogens with one attached hydrogen (secondary N) is 3. The Morgan fingerprint density at radius 3 is 2.57 bits per heavy atom. The SMILES string of the molecule is CN(CCCOC1CC(Nc2cccc3c2C(=O)N([C@@H]2CCC(=O)NC2=O)C3=O)C1)C[C@@]1(C)Cc2cc(NC(=O)c3cccc(C(F)(F)F)n3)c(N3CCOCC3)cc2O1. The van der Waals surface area contributed by atoms with Crippen LogP contribution >= 0.6 is 0 Å². The molecule has 4 aliphatic heterocycles. The molecule has 1 saturated carbocycles. The molecule has 0 unspecified atom stereocenters. The van der Waals surface area contributed by atoms with Crippen LogP contribution in [0.2, 0.25) is 0 Å². The molecule has 3 aromatic rings. The van der Waals surface area contributed by atoms with Gasteiger partial charge < -0.3 is 34.6 Å². The first-order valence-electron chi connectivity index (χ1n) is 20.1. The number of fused-ring (bicyclic) bond motifs is 2. The summed E-state index contributed by atoms with van der Waals surface area (Å²) < 4.78 is 58.2. The van der Waals surface area contributed by atoms with Crippen molar-refractivity contribution in [2.24, 2.45) is 0 Å². The van der Waals surface area contributed by atoms with Crippen LogP contribution in [0.1, 0.15) is 81.5 Å². The number of aromatic nitrogens is 1. The van der Waals surface area contributed by atoms with E-state index in [1.807, 2.05) is 26.1 Å². The molecular formula is C42H46F3N7O8. The van der Waals surface area contributed by atoms with Crippen molar-refractivity contribution in [1.82, 2.24) is 20.1 Å². The summed E-state index contributed by atoms with van der Waals surface area (Å²) in [6, 6.07) is 11.0. The van der Waals surface area contributed by atoms with E-state index in [4.69, 9.17) is 14.2 Å². The van der Waals surface area contributed by atoms with Crippen LogP contribution in [0.15, 0.2) is 48.5 Å². The number of hydrogen-bond acceptors (Lipinski definition) is 12. The Morgan fingerprint density at radius 2 is 1.82 bits per heavy atom. The van der Waals surface area contributed by atoms with Gasteiger partial charge >= 0.3 is 6.18 Å². The second kappa shape index (κ2) is 16.5. The number of amides is 5. The maximum absolute atomic E-state index is 13.4. The Balaban J connectivity index is 0.814. The molecular weight excluding hydrogens is 787 g/mol. The summed E-state index contributed by atoms with van der Waals surface area (Å²) in [6.45, 7) is 6.01. The van der Waals surface area contributed by atoms with E-state index < -0.39 is 53.0 Å². The highest BCUT2D eigenvalue weighted by Crippen LogP contribution is 2.43. The normalized spacial score (nSPS) is 23.9. The molecule has 318 valence electrons. The van der Waals surface area contributed by atoms with Gasteiger partial charge in [0.2, 0.25) is 11.8 Å². The molecule has 2 saturated heterocycles. The summed E-state index contributed by atoms with van der Waals surface area (Å²) >= 11 is 0. The van der Waals surface area contributed by atoms with Crippen LogP contribution < -0.4 is 25.6 Å². The number of piperidine rings is 1. The van der Waals surface area contributed by atoms with Gasteiger partial charge in [0.05, 0.1) is 41.8 Å². The van der Waals surface area contributed by atoms with Crippen LogP contribution in [-0.2, 0) is 31.7 Å². The van der Waals surface area contributed by atoms with Gasteiger partial charge in [0.15, 0.2) is 0 Å². The second-order valence-electron chi connectivity index (χ2n) is 16.2. The van der Waals surface area contributed by atoms with Crippen LogP contribution in [-0.4, -0.2) is 121 Å². The van der Waals surface area contributed by atoms with Gasteiger partial charge in [-0.15, -0.1) is 0 Å². The van der Waals surface area contributed by atoms with Crippen molar-refractivity contribution in [2.45, 2.75) is 75.4 Å². The van der Waals surface area contributed by atoms with Gasteiger partial charge in [-0.05, 0) is 70.0 Å². The third kappa shape index (κ3) is 8.53. The summed E-state index contributed by atoms with van der Waals surface area (Å²) in [5, 5.41) is 8.42. The van der Waals surface area contributed by atoms with E-state index >= 15 is 0 Å². The molecule has 1 aromatic heterocycles. The van der Waals surface area contributed by atoms with Crippen molar-refractivity contribution in [3.8, 4) is 5.75 Å². The molecule has 0 spiro atoms. The predicted octanol–water partition coefficient (Wildman–Crippen LogP) is 4.27. The zero-order valence-electron chi connectivity index (χ0n) is 33.2. The van der Waals surface area contributed by atoms with Gasteiger partial charge in [-0.1, -0.05) is 12.1 Å². The topological polar surface area (TPSA) is 172 Å². The van der Waals surface area contributed by atoms with Gasteiger partial charge in [0.25, 0.3) is 17.7 Å². The smallest absolute Gasteiger partial charge is 0.433 e. The zero-order valence-corrected chi connectivity index (χ0v) is 33.2. The Bertz CT molecular complexity index is 2210. The summed E-state index contributed by atoms with van der Waals surface area (Å²) in [6.07, 6.45) is -1.75. The number of anilines is 3. The lowest BCUT2D eigenvalue weighted by Crippen LogP contribution is -2.54. The Labute approximate surface area is 343 Å². The number of ether oxygens (including phenoxy) is 3. The minimum absolute atomic E-state index is 0.0340. The van der Waals surface area contributed by atoms with Gasteiger partial charge in [-0.3, -0.25) is 34.2 Å². The number of benzene rings is 2. The van der Waals surface area contributed by atoms with E-state index in [0.717, 1.165) is 35.6 Å². The highest BCUT2D eigenvalue weighted by Gasteiger charge is 2.46. The molecule has 1 aliphatic carbocycles. The van der Waals surface area contributed by atoms with Crippen LogP contribution in [0.5, 0.6) is 5.75 Å². The highest BCUT2D eigenvalue weighted by atomic mass is 19.4. The van der Waals surface area contributed by atoms with Crippen molar-refractivity contribution < 1.29 is 51.4 Å². The highest BCUT2D eigenvalue weighted by molar-refractivity contribution is 6.25. The summed E-state index contributed by atoms with van der Waals surface area (Å²) in [7, 11) is 2.01. The van der Waals surface area contributed by atoms with Crippen molar-refractivity contribution in [1.29, 1.82) is 0 Å². The molecule has 5 aliphatic rings. The number of pyridine rings is 1. The fraction of sp³-hybridized carbons (Fsp3) is 0.476. The third-order valence-electron chi connectivity index (χ3n) is 11.5. The molecule has 5 heterocycles. The lowest BCUT2D eigenvalue weighted by Gasteiger charge is -2.37. The van der Waals surface area contributed by atoms with E-state index in [1.165, 1.54) is 6.07 Å². The maximum Gasteiger partial charge on any atom is 0.433 e. The van der Waals surface area contributed by atoms with Gasteiger partial charge in [0, 0.05) is 69.0 Å². The molecule has 3 N–H and O–H groups in total. The number of carbonyl (C=O) groups is 5. The molecule has 18 heteroatoms. The van der Waals surface area contributed by atoms with Crippen molar-refractivity contribution in [3.63, 3.8) is 0 Å². The van der Waals surface area contributed by atoms with E-state index in [1.54, 1.807) is 18.2 Å². The van der Waals surface area contributed by atoms with Crippen LogP contribution in [0.4, 0.5) is 30.2 Å².